The molecule has 3 N–H and O–H groups in total. The van der Waals surface area contributed by atoms with Gasteiger partial charge in [0.05, 0.1) is 11.1 Å². The van der Waals surface area contributed by atoms with Crippen molar-refractivity contribution in [2.45, 2.75) is 39.0 Å². The summed E-state index contributed by atoms with van der Waals surface area (Å²) in [6, 6.07) is 3.40. The van der Waals surface area contributed by atoms with Gasteiger partial charge in [0, 0.05) is 17.3 Å². The Morgan fingerprint density at radius 1 is 1.46 bits per heavy atom. The molecule has 0 saturated heterocycles. The number of nitrogens with zero attached hydrogens (tertiary/aromatic N) is 1. The van der Waals surface area contributed by atoms with Gasteiger partial charge in [0.1, 0.15) is 5.00 Å². The Labute approximate surface area is 145 Å². The molecule has 0 spiro atoms. The minimum atomic E-state index is -0.470. The van der Waals surface area contributed by atoms with Crippen molar-refractivity contribution in [3.05, 3.63) is 46.1 Å². The summed E-state index contributed by atoms with van der Waals surface area (Å²) >= 11 is 1.49. The Morgan fingerprint density at radius 2 is 2.29 bits per heavy atom. The summed E-state index contributed by atoms with van der Waals surface area (Å²) in [5.74, 6) is -0.0824. The van der Waals surface area contributed by atoms with E-state index in [9.17, 15) is 9.59 Å². The Kier molecular flexibility index (Phi) is 4.94. The second kappa shape index (κ2) is 7.13. The van der Waals surface area contributed by atoms with Crippen molar-refractivity contribution in [2.24, 2.45) is 11.7 Å². The molecule has 2 aromatic heterocycles. The molecule has 0 bridgehead atoms. The second-order valence-corrected chi connectivity index (χ2v) is 7.27. The summed E-state index contributed by atoms with van der Waals surface area (Å²) < 4.78 is 0. The van der Waals surface area contributed by atoms with Gasteiger partial charge < -0.3 is 11.1 Å². The van der Waals surface area contributed by atoms with Crippen LogP contribution in [0.3, 0.4) is 0 Å². The molecule has 5 nitrogen and oxygen atoms in total. The van der Waals surface area contributed by atoms with Crippen LogP contribution in [-0.2, 0) is 12.8 Å². The second-order valence-electron chi connectivity index (χ2n) is 6.17. The molecule has 126 valence electrons. The van der Waals surface area contributed by atoms with Crippen molar-refractivity contribution in [2.75, 3.05) is 5.32 Å². The number of rotatable bonds is 5. The van der Waals surface area contributed by atoms with Crippen LogP contribution in [0.25, 0.3) is 0 Å². The van der Waals surface area contributed by atoms with E-state index < -0.39 is 5.91 Å². The zero-order chi connectivity index (χ0) is 17.1. The van der Waals surface area contributed by atoms with Gasteiger partial charge in [0.15, 0.2) is 0 Å². The van der Waals surface area contributed by atoms with Gasteiger partial charge in [-0.3, -0.25) is 14.6 Å². The van der Waals surface area contributed by atoms with Crippen LogP contribution in [0.15, 0.2) is 24.5 Å². The first-order valence-electron chi connectivity index (χ1n) is 8.25. The maximum atomic E-state index is 12.4. The number of primary amides is 1. The standard InChI is InChI=1S/C18H21N3O2S/c1-2-4-11-6-7-13-14(9-11)24-18(15(13)16(19)22)21-17(23)12-5-3-8-20-10-12/h3,5,8,10-11H,2,4,6-7,9H2,1H3,(H2,19,22)(H,21,23)/t11-/m0/s1. The number of pyridine rings is 1. The van der Waals surface area contributed by atoms with Gasteiger partial charge in [-0.15, -0.1) is 11.3 Å². The highest BCUT2D eigenvalue weighted by Gasteiger charge is 2.28. The number of amides is 2. The quantitative estimate of drug-likeness (QED) is 0.872. The number of hydrogen-bond acceptors (Lipinski definition) is 4. The maximum Gasteiger partial charge on any atom is 0.257 e. The first-order chi connectivity index (χ1) is 11.6. The van der Waals surface area contributed by atoms with Crippen molar-refractivity contribution in [1.82, 2.24) is 4.98 Å². The van der Waals surface area contributed by atoms with Crippen molar-refractivity contribution in [3.8, 4) is 0 Å². The third-order valence-electron chi connectivity index (χ3n) is 4.46. The molecule has 2 heterocycles. The Hall–Kier alpha value is -2.21. The molecule has 2 aromatic rings. The molecule has 2 amide bonds. The number of nitrogens with two attached hydrogens (primary N) is 1. The van der Waals surface area contributed by atoms with Crippen LogP contribution < -0.4 is 11.1 Å². The molecule has 1 aliphatic carbocycles. The fourth-order valence-corrected chi connectivity index (χ4v) is 4.69. The van der Waals surface area contributed by atoms with E-state index in [-0.39, 0.29) is 5.91 Å². The number of fused-ring (bicyclic) bond motifs is 1. The third-order valence-corrected chi connectivity index (χ3v) is 5.63. The number of hydrogen-bond donors (Lipinski definition) is 2. The molecule has 0 radical (unpaired) electrons. The van der Waals surface area contributed by atoms with Crippen LogP contribution in [0.4, 0.5) is 5.00 Å². The van der Waals surface area contributed by atoms with Gasteiger partial charge >= 0.3 is 0 Å². The predicted octanol–water partition coefficient (Wildman–Crippen LogP) is 3.40. The molecule has 0 fully saturated rings. The molecule has 6 heteroatoms. The van der Waals surface area contributed by atoms with E-state index >= 15 is 0 Å². The van der Waals surface area contributed by atoms with E-state index in [2.05, 4.69) is 17.2 Å². The normalized spacial score (nSPS) is 16.5. The lowest BCUT2D eigenvalue weighted by atomic mass is 9.84. The van der Waals surface area contributed by atoms with E-state index in [4.69, 9.17) is 5.73 Å². The molecule has 1 aliphatic rings. The van der Waals surface area contributed by atoms with E-state index in [1.54, 1.807) is 18.3 Å². The minimum absolute atomic E-state index is 0.269. The fourth-order valence-electron chi connectivity index (χ4n) is 3.33. The van der Waals surface area contributed by atoms with Crippen LogP contribution in [-0.4, -0.2) is 16.8 Å². The lowest BCUT2D eigenvalue weighted by Gasteiger charge is -2.21. The summed E-state index contributed by atoms with van der Waals surface area (Å²) in [7, 11) is 0. The van der Waals surface area contributed by atoms with Gasteiger partial charge in [-0.25, -0.2) is 0 Å². The number of anilines is 1. The Bertz CT molecular complexity index is 755. The zero-order valence-corrected chi connectivity index (χ0v) is 14.5. The fraction of sp³-hybridized carbons (Fsp3) is 0.389. The van der Waals surface area contributed by atoms with Crippen LogP contribution in [0, 0.1) is 5.92 Å². The number of aromatic nitrogens is 1. The van der Waals surface area contributed by atoms with Gasteiger partial charge in [0.25, 0.3) is 11.8 Å². The molecular weight excluding hydrogens is 322 g/mol. The lowest BCUT2D eigenvalue weighted by molar-refractivity contribution is 0.1000. The first kappa shape index (κ1) is 16.6. The molecule has 1 atom stereocenters. The highest BCUT2D eigenvalue weighted by Crippen LogP contribution is 2.40. The van der Waals surface area contributed by atoms with E-state index in [1.165, 1.54) is 35.3 Å². The topological polar surface area (TPSA) is 85.1 Å². The average Bonchev–Trinajstić information content (AvgIpc) is 2.93. The highest BCUT2D eigenvalue weighted by molar-refractivity contribution is 7.17. The summed E-state index contributed by atoms with van der Waals surface area (Å²) in [6.07, 6.45) is 8.38. The van der Waals surface area contributed by atoms with E-state index in [0.29, 0.717) is 22.0 Å². The third kappa shape index (κ3) is 3.33. The monoisotopic (exact) mass is 343 g/mol. The van der Waals surface area contributed by atoms with E-state index in [1.807, 2.05) is 0 Å². The maximum absolute atomic E-state index is 12.4. The van der Waals surface area contributed by atoms with Gasteiger partial charge in [-0.2, -0.15) is 0 Å². The summed E-state index contributed by atoms with van der Waals surface area (Å²) in [5, 5.41) is 3.42. The zero-order valence-electron chi connectivity index (χ0n) is 13.7. The molecule has 3 rings (SSSR count). The summed E-state index contributed by atoms with van der Waals surface area (Å²) in [4.78, 5) is 29.5. The lowest BCUT2D eigenvalue weighted by Crippen LogP contribution is -2.20. The van der Waals surface area contributed by atoms with Crippen LogP contribution in [0.1, 0.15) is 57.3 Å². The molecule has 0 saturated carbocycles. The molecule has 0 aliphatic heterocycles. The minimum Gasteiger partial charge on any atom is -0.365 e. The number of carbonyl (C=O) groups excluding carboxylic acids is 2. The Morgan fingerprint density at radius 3 is 2.96 bits per heavy atom. The van der Waals surface area contributed by atoms with Crippen LogP contribution in [0.5, 0.6) is 0 Å². The van der Waals surface area contributed by atoms with Gasteiger partial charge in [0.2, 0.25) is 0 Å². The van der Waals surface area contributed by atoms with E-state index in [0.717, 1.165) is 24.8 Å². The molecule has 0 unspecified atom stereocenters. The molecule has 0 aromatic carbocycles. The number of carbonyl (C=O) groups is 2. The van der Waals surface area contributed by atoms with Crippen molar-refractivity contribution in [3.63, 3.8) is 0 Å². The number of thiophene rings is 1. The average molecular weight is 343 g/mol. The first-order valence-corrected chi connectivity index (χ1v) is 9.07. The van der Waals surface area contributed by atoms with Crippen molar-refractivity contribution in [1.29, 1.82) is 0 Å². The highest BCUT2D eigenvalue weighted by atomic mass is 32.1. The summed E-state index contributed by atoms with van der Waals surface area (Å²) in [5.41, 5.74) is 7.57. The SMILES string of the molecule is CCC[C@H]1CCc2c(sc(NC(=O)c3cccnc3)c2C(N)=O)C1. The van der Waals surface area contributed by atoms with Crippen molar-refractivity contribution < 1.29 is 9.59 Å². The summed E-state index contributed by atoms with van der Waals surface area (Å²) in [6.45, 7) is 2.19. The number of nitrogens with one attached hydrogen (secondary N) is 1. The largest absolute Gasteiger partial charge is 0.365 e. The Balaban J connectivity index is 1.88. The van der Waals surface area contributed by atoms with Crippen molar-refractivity contribution >= 4 is 28.2 Å². The van der Waals surface area contributed by atoms with Gasteiger partial charge in [-0.1, -0.05) is 19.8 Å². The van der Waals surface area contributed by atoms with Crippen LogP contribution in [0.2, 0.25) is 0 Å². The molecule has 24 heavy (non-hydrogen) atoms. The smallest absolute Gasteiger partial charge is 0.257 e. The van der Waals surface area contributed by atoms with Gasteiger partial charge in [-0.05, 0) is 42.9 Å². The van der Waals surface area contributed by atoms with Crippen LogP contribution >= 0.6 is 11.3 Å². The predicted molar refractivity (Wildman–Crippen MR) is 95.5 cm³/mol. The molecular formula is C18H21N3O2S.